The normalized spacial score (nSPS) is 17.3. The third-order valence-electron chi connectivity index (χ3n) is 7.23. The quantitative estimate of drug-likeness (QED) is 0.168. The molecule has 3 aromatic rings. The van der Waals surface area contributed by atoms with Gasteiger partial charge in [-0.1, -0.05) is 44.5 Å². The van der Waals surface area contributed by atoms with Crippen LogP contribution in [0.25, 0.3) is 11.1 Å². The van der Waals surface area contributed by atoms with Gasteiger partial charge in [0.25, 0.3) is 0 Å². The summed E-state index contributed by atoms with van der Waals surface area (Å²) >= 11 is 0. The summed E-state index contributed by atoms with van der Waals surface area (Å²) in [5.74, 6) is -3.46. The van der Waals surface area contributed by atoms with Gasteiger partial charge in [-0.25, -0.2) is 13.2 Å². The molecule has 1 fully saturated rings. The Hall–Kier alpha value is -3.06. The van der Waals surface area contributed by atoms with Gasteiger partial charge in [-0.15, -0.1) is 0 Å². The number of benzene rings is 3. The van der Waals surface area contributed by atoms with E-state index < -0.39 is 23.3 Å². The van der Waals surface area contributed by atoms with Crippen LogP contribution < -0.4 is 9.47 Å². The van der Waals surface area contributed by atoms with Gasteiger partial charge in [-0.2, -0.15) is 4.39 Å². The number of halogens is 4. The first-order valence-corrected chi connectivity index (χ1v) is 13.8. The zero-order valence-corrected chi connectivity index (χ0v) is 22.6. The van der Waals surface area contributed by atoms with Crippen molar-refractivity contribution in [1.82, 2.24) is 0 Å². The molecular weight excluding hydrogens is 508 g/mol. The highest BCUT2D eigenvalue weighted by Gasteiger charge is 2.26. The molecule has 0 atom stereocenters. The molecule has 0 saturated heterocycles. The maximum absolute atomic E-state index is 15.0. The molecule has 0 spiro atoms. The highest BCUT2D eigenvalue weighted by atomic mass is 19.2. The maximum Gasteiger partial charge on any atom is 0.201 e. The van der Waals surface area contributed by atoms with Crippen LogP contribution in [0.3, 0.4) is 0 Å². The Labute approximate surface area is 228 Å². The van der Waals surface area contributed by atoms with Crippen molar-refractivity contribution in [2.75, 3.05) is 13.2 Å². The van der Waals surface area contributed by atoms with Crippen molar-refractivity contribution >= 4 is 0 Å². The summed E-state index contributed by atoms with van der Waals surface area (Å²) < 4.78 is 75.8. The Morgan fingerprint density at radius 2 is 1.44 bits per heavy atom. The molecule has 7 heteroatoms. The fraction of sp³-hybridized carbons (Fsp3) is 0.438. The molecular formula is C32H36F4O3. The summed E-state index contributed by atoms with van der Waals surface area (Å²) in [6.07, 6.45) is 6.04. The molecule has 0 amide bonds. The highest BCUT2D eigenvalue weighted by molar-refractivity contribution is 5.66. The van der Waals surface area contributed by atoms with Crippen LogP contribution in [0.15, 0.2) is 48.5 Å². The van der Waals surface area contributed by atoms with Crippen LogP contribution in [0.1, 0.15) is 75.8 Å². The first-order valence-electron chi connectivity index (χ1n) is 13.8. The van der Waals surface area contributed by atoms with E-state index in [9.17, 15) is 17.6 Å². The van der Waals surface area contributed by atoms with Gasteiger partial charge in [-0.3, -0.25) is 0 Å². The lowest BCUT2D eigenvalue weighted by atomic mass is 9.82. The number of rotatable bonds is 12. The molecule has 210 valence electrons. The zero-order chi connectivity index (χ0) is 27.8. The molecule has 0 aromatic heterocycles. The molecule has 0 aliphatic heterocycles. The van der Waals surface area contributed by atoms with Crippen molar-refractivity contribution in [2.24, 2.45) is 0 Å². The molecule has 0 radical (unpaired) electrons. The second-order valence-corrected chi connectivity index (χ2v) is 10.0. The number of hydrogen-bond donors (Lipinski definition) is 0. The molecule has 1 aliphatic rings. The van der Waals surface area contributed by atoms with Crippen LogP contribution in [0, 0.1) is 23.3 Å². The summed E-state index contributed by atoms with van der Waals surface area (Å²) in [7, 11) is 0. The van der Waals surface area contributed by atoms with E-state index in [1.807, 2.05) is 6.92 Å². The smallest absolute Gasteiger partial charge is 0.201 e. The van der Waals surface area contributed by atoms with Gasteiger partial charge in [0.1, 0.15) is 12.4 Å². The Bertz CT molecular complexity index is 1220. The van der Waals surface area contributed by atoms with E-state index >= 15 is 0 Å². The Balaban J connectivity index is 1.37. The monoisotopic (exact) mass is 544 g/mol. The molecule has 0 N–H and O–H groups in total. The van der Waals surface area contributed by atoms with Gasteiger partial charge >= 0.3 is 0 Å². The van der Waals surface area contributed by atoms with Crippen LogP contribution in [0.5, 0.6) is 11.5 Å². The van der Waals surface area contributed by atoms with Crippen LogP contribution in [-0.4, -0.2) is 19.3 Å². The molecule has 1 aliphatic carbocycles. The van der Waals surface area contributed by atoms with Crippen LogP contribution in [-0.2, 0) is 11.3 Å². The second-order valence-electron chi connectivity index (χ2n) is 10.0. The van der Waals surface area contributed by atoms with Crippen LogP contribution in [0.4, 0.5) is 17.6 Å². The Morgan fingerprint density at radius 1 is 0.692 bits per heavy atom. The van der Waals surface area contributed by atoms with Gasteiger partial charge in [0.2, 0.25) is 5.82 Å². The standard InChI is InChI=1S/C32H36F4O3/c1-3-5-19-38-28-17-16-27(31(35)32(28)36)22-8-13-25(14-9-22)39-20-23-10-15-26(30(34)29(23)33)21-6-11-24(12-7-21)37-18-4-2/h8-10,13-17,21,24H,3-7,11-12,18-20H2,1-2H3. The fourth-order valence-electron chi connectivity index (χ4n) is 4.94. The summed E-state index contributed by atoms with van der Waals surface area (Å²) in [5, 5.41) is 0. The molecule has 0 unspecified atom stereocenters. The van der Waals surface area contributed by atoms with Crippen molar-refractivity contribution in [3.63, 3.8) is 0 Å². The summed E-state index contributed by atoms with van der Waals surface area (Å²) in [6, 6.07) is 12.5. The average Bonchev–Trinajstić information content (AvgIpc) is 2.96. The second kappa shape index (κ2) is 13.8. The molecule has 1 saturated carbocycles. The SMILES string of the molecule is CCCCOc1ccc(-c2ccc(OCc3ccc(C4CCC(OCCC)CC4)c(F)c3F)cc2)c(F)c1F. The number of ether oxygens (including phenoxy) is 3. The lowest BCUT2D eigenvalue weighted by Gasteiger charge is -2.29. The third kappa shape index (κ3) is 7.13. The van der Waals surface area contributed by atoms with Crippen molar-refractivity contribution < 1.29 is 31.8 Å². The molecule has 3 aromatic carbocycles. The summed E-state index contributed by atoms with van der Waals surface area (Å²) in [4.78, 5) is 0. The van der Waals surface area contributed by atoms with Gasteiger partial charge in [0.05, 0.1) is 12.7 Å². The predicted octanol–water partition coefficient (Wildman–Crippen LogP) is 9.12. The number of unbranched alkanes of at least 4 members (excludes halogenated alkanes) is 1. The lowest BCUT2D eigenvalue weighted by molar-refractivity contribution is 0.0248. The van der Waals surface area contributed by atoms with E-state index in [1.54, 1.807) is 36.4 Å². The van der Waals surface area contributed by atoms with Crippen LogP contribution >= 0.6 is 0 Å². The maximum atomic E-state index is 15.0. The highest BCUT2D eigenvalue weighted by Crippen LogP contribution is 2.37. The predicted molar refractivity (Wildman–Crippen MR) is 144 cm³/mol. The Morgan fingerprint density at radius 3 is 2.13 bits per heavy atom. The molecule has 39 heavy (non-hydrogen) atoms. The minimum atomic E-state index is -1.03. The zero-order valence-electron chi connectivity index (χ0n) is 22.6. The van der Waals surface area contributed by atoms with E-state index in [4.69, 9.17) is 14.2 Å². The van der Waals surface area contributed by atoms with Gasteiger partial charge in [-0.05, 0) is 79.8 Å². The van der Waals surface area contributed by atoms with Gasteiger partial charge in [0.15, 0.2) is 23.2 Å². The largest absolute Gasteiger partial charge is 0.490 e. The van der Waals surface area contributed by atoms with Crippen molar-refractivity contribution in [1.29, 1.82) is 0 Å². The average molecular weight is 545 g/mol. The first-order chi connectivity index (χ1) is 18.9. The van der Waals surface area contributed by atoms with E-state index in [0.717, 1.165) is 51.6 Å². The molecule has 4 rings (SSSR count). The van der Waals surface area contributed by atoms with Gasteiger partial charge in [0, 0.05) is 17.7 Å². The summed E-state index contributed by atoms with van der Waals surface area (Å²) in [6.45, 7) is 4.94. The fourth-order valence-corrected chi connectivity index (χ4v) is 4.94. The first kappa shape index (κ1) is 28.9. The molecule has 0 heterocycles. The van der Waals surface area contributed by atoms with Crippen molar-refractivity contribution in [2.45, 2.75) is 77.4 Å². The minimum absolute atomic E-state index is 0.0225. The van der Waals surface area contributed by atoms with Crippen LogP contribution in [0.2, 0.25) is 0 Å². The lowest BCUT2D eigenvalue weighted by Crippen LogP contribution is -2.22. The van der Waals surface area contributed by atoms with E-state index in [2.05, 4.69) is 6.92 Å². The van der Waals surface area contributed by atoms with Crippen molar-refractivity contribution in [3.05, 3.63) is 82.9 Å². The summed E-state index contributed by atoms with van der Waals surface area (Å²) in [5.41, 5.74) is 1.07. The third-order valence-corrected chi connectivity index (χ3v) is 7.23. The molecule has 0 bridgehead atoms. The molecule has 3 nitrogen and oxygen atoms in total. The topological polar surface area (TPSA) is 27.7 Å². The van der Waals surface area contributed by atoms with Crippen molar-refractivity contribution in [3.8, 4) is 22.6 Å². The van der Waals surface area contributed by atoms with E-state index in [0.29, 0.717) is 23.5 Å². The number of hydrogen-bond acceptors (Lipinski definition) is 3. The van der Waals surface area contributed by atoms with Gasteiger partial charge < -0.3 is 14.2 Å². The Kier molecular flexibility index (Phi) is 10.3. The van der Waals surface area contributed by atoms with E-state index in [1.165, 1.54) is 12.1 Å². The minimum Gasteiger partial charge on any atom is -0.490 e. The van der Waals surface area contributed by atoms with E-state index in [-0.39, 0.29) is 35.5 Å².